The van der Waals surface area contributed by atoms with Crippen LogP contribution in [0.2, 0.25) is 0 Å². The fourth-order valence-electron chi connectivity index (χ4n) is 3.21. The smallest absolute Gasteiger partial charge is 0.337 e. The van der Waals surface area contributed by atoms with Crippen molar-refractivity contribution in [3.63, 3.8) is 0 Å². The summed E-state index contributed by atoms with van der Waals surface area (Å²) < 4.78 is 16.2. The minimum atomic E-state index is -0.450. The van der Waals surface area contributed by atoms with Gasteiger partial charge in [-0.05, 0) is 49.5 Å². The molecule has 0 spiro atoms. The molecule has 0 radical (unpaired) electrons. The number of carbonyl (C=O) groups is 1. The number of aromatic nitrogens is 1. The van der Waals surface area contributed by atoms with E-state index in [1.165, 1.54) is 20.0 Å². The van der Waals surface area contributed by atoms with E-state index in [1.54, 1.807) is 49.7 Å². The molecule has 0 atom stereocenters. The molecule has 1 aliphatic rings. The number of nitriles is 1. The van der Waals surface area contributed by atoms with Gasteiger partial charge in [0.1, 0.15) is 0 Å². The van der Waals surface area contributed by atoms with E-state index in [-0.39, 0.29) is 6.10 Å². The lowest BCUT2D eigenvalue weighted by atomic mass is 10.0. The Bertz CT molecular complexity index is 924. The molecule has 0 N–H and O–H groups in total. The van der Waals surface area contributed by atoms with E-state index in [2.05, 4.69) is 11.1 Å². The number of rotatable bonds is 6. The van der Waals surface area contributed by atoms with Crippen molar-refractivity contribution < 1.29 is 19.0 Å². The normalized spacial score (nSPS) is 14.4. The first-order valence-electron chi connectivity index (χ1n) is 9.16. The van der Waals surface area contributed by atoms with Gasteiger partial charge in [-0.3, -0.25) is 4.98 Å². The monoisotopic (exact) mass is 378 g/mol. The summed E-state index contributed by atoms with van der Waals surface area (Å²) in [7, 11) is 2.90. The molecule has 28 heavy (non-hydrogen) atoms. The Morgan fingerprint density at radius 3 is 2.61 bits per heavy atom. The van der Waals surface area contributed by atoms with Crippen molar-refractivity contribution in [2.24, 2.45) is 0 Å². The number of hydrogen-bond donors (Lipinski definition) is 0. The predicted octanol–water partition coefficient (Wildman–Crippen LogP) is 4.26. The zero-order chi connectivity index (χ0) is 19.9. The van der Waals surface area contributed by atoms with Gasteiger partial charge in [0.2, 0.25) is 0 Å². The SMILES string of the molecule is COC(=O)c1cccc(C(C#N)=Cc2cc(OC3CCCC3)c(OC)cn2)c1. The van der Waals surface area contributed by atoms with Gasteiger partial charge in [0.05, 0.1) is 49.4 Å². The average Bonchev–Trinajstić information content (AvgIpc) is 3.24. The number of esters is 1. The van der Waals surface area contributed by atoms with Gasteiger partial charge in [-0.2, -0.15) is 5.26 Å². The average molecular weight is 378 g/mol. The first kappa shape index (κ1) is 19.4. The van der Waals surface area contributed by atoms with Crippen LogP contribution >= 0.6 is 0 Å². The topological polar surface area (TPSA) is 81.4 Å². The molecule has 3 rings (SSSR count). The Morgan fingerprint density at radius 2 is 1.93 bits per heavy atom. The second kappa shape index (κ2) is 9.05. The van der Waals surface area contributed by atoms with E-state index in [0.29, 0.717) is 33.9 Å². The minimum absolute atomic E-state index is 0.181. The van der Waals surface area contributed by atoms with Crippen molar-refractivity contribution in [2.75, 3.05) is 14.2 Å². The standard InChI is InChI=1S/C22H22N2O4/c1-26-21-14-24-18(12-20(21)28-19-8-3-4-9-19)11-17(13-23)15-6-5-7-16(10-15)22(25)27-2/h5-7,10-12,14,19H,3-4,8-9H2,1-2H3. The zero-order valence-corrected chi connectivity index (χ0v) is 16.0. The van der Waals surface area contributed by atoms with E-state index in [4.69, 9.17) is 14.2 Å². The van der Waals surface area contributed by atoms with E-state index in [9.17, 15) is 10.1 Å². The highest BCUT2D eigenvalue weighted by atomic mass is 16.5. The van der Waals surface area contributed by atoms with Crippen LogP contribution in [-0.2, 0) is 4.74 Å². The highest BCUT2D eigenvalue weighted by Gasteiger charge is 2.19. The molecule has 0 unspecified atom stereocenters. The van der Waals surface area contributed by atoms with Crippen LogP contribution in [0.3, 0.4) is 0 Å². The summed E-state index contributed by atoms with van der Waals surface area (Å²) in [4.78, 5) is 16.1. The van der Waals surface area contributed by atoms with Crippen molar-refractivity contribution in [1.82, 2.24) is 4.98 Å². The lowest BCUT2D eigenvalue weighted by Gasteiger charge is -2.16. The fraction of sp³-hybridized carbons (Fsp3) is 0.318. The van der Waals surface area contributed by atoms with Crippen LogP contribution in [0, 0.1) is 11.3 Å². The second-order valence-electron chi connectivity index (χ2n) is 6.53. The molecule has 0 saturated heterocycles. The molecule has 6 heteroatoms. The molecule has 2 aromatic rings. The maximum Gasteiger partial charge on any atom is 0.337 e. The zero-order valence-electron chi connectivity index (χ0n) is 16.0. The molecular weight excluding hydrogens is 356 g/mol. The largest absolute Gasteiger partial charge is 0.491 e. The molecular formula is C22H22N2O4. The lowest BCUT2D eigenvalue weighted by Crippen LogP contribution is -2.11. The third kappa shape index (κ3) is 4.49. The van der Waals surface area contributed by atoms with Crippen molar-refractivity contribution in [3.05, 3.63) is 53.3 Å². The summed E-state index contributed by atoms with van der Waals surface area (Å²) in [6, 6.07) is 10.7. The highest BCUT2D eigenvalue weighted by molar-refractivity contribution is 5.94. The van der Waals surface area contributed by atoms with Gasteiger partial charge in [0.15, 0.2) is 11.5 Å². The second-order valence-corrected chi connectivity index (χ2v) is 6.53. The van der Waals surface area contributed by atoms with Gasteiger partial charge >= 0.3 is 5.97 Å². The number of allylic oxidation sites excluding steroid dienone is 1. The van der Waals surface area contributed by atoms with Crippen molar-refractivity contribution in [1.29, 1.82) is 5.26 Å². The number of ether oxygens (including phenoxy) is 3. The molecule has 1 aromatic heterocycles. The molecule has 1 fully saturated rings. The number of methoxy groups -OCH3 is 2. The third-order valence-electron chi connectivity index (χ3n) is 4.68. The van der Waals surface area contributed by atoms with E-state index < -0.39 is 5.97 Å². The molecule has 6 nitrogen and oxygen atoms in total. The van der Waals surface area contributed by atoms with Crippen LogP contribution in [0.1, 0.15) is 47.3 Å². The van der Waals surface area contributed by atoms with Crippen LogP contribution in [0.4, 0.5) is 0 Å². The number of pyridine rings is 1. The third-order valence-corrected chi connectivity index (χ3v) is 4.68. The fourth-order valence-corrected chi connectivity index (χ4v) is 3.21. The number of benzene rings is 1. The van der Waals surface area contributed by atoms with Crippen molar-refractivity contribution in [3.8, 4) is 17.6 Å². The van der Waals surface area contributed by atoms with Crippen LogP contribution in [-0.4, -0.2) is 31.3 Å². The number of nitrogens with zero attached hydrogens (tertiary/aromatic N) is 2. The Morgan fingerprint density at radius 1 is 1.18 bits per heavy atom. The van der Waals surface area contributed by atoms with Crippen molar-refractivity contribution >= 4 is 17.6 Å². The molecule has 0 aliphatic heterocycles. The molecule has 144 valence electrons. The Labute approximate surface area is 164 Å². The molecule has 1 saturated carbocycles. The molecule has 1 aromatic carbocycles. The van der Waals surface area contributed by atoms with E-state index >= 15 is 0 Å². The van der Waals surface area contributed by atoms with Crippen LogP contribution in [0.25, 0.3) is 11.6 Å². The first-order valence-corrected chi connectivity index (χ1v) is 9.16. The van der Waals surface area contributed by atoms with Gasteiger partial charge < -0.3 is 14.2 Å². The van der Waals surface area contributed by atoms with Crippen molar-refractivity contribution in [2.45, 2.75) is 31.8 Å². The Hall–Kier alpha value is -3.33. The summed E-state index contributed by atoms with van der Waals surface area (Å²) in [5.74, 6) is 0.737. The summed E-state index contributed by atoms with van der Waals surface area (Å²) in [6.45, 7) is 0. The van der Waals surface area contributed by atoms with E-state index in [0.717, 1.165) is 12.8 Å². The number of hydrogen-bond acceptors (Lipinski definition) is 6. The van der Waals surface area contributed by atoms with Gasteiger partial charge in [-0.1, -0.05) is 12.1 Å². The summed E-state index contributed by atoms with van der Waals surface area (Å²) in [5.41, 5.74) is 1.96. The summed E-state index contributed by atoms with van der Waals surface area (Å²) in [6.07, 6.45) is 7.83. The quantitative estimate of drug-likeness (QED) is 0.552. The van der Waals surface area contributed by atoms with Gasteiger partial charge in [-0.25, -0.2) is 4.79 Å². The molecule has 0 amide bonds. The summed E-state index contributed by atoms with van der Waals surface area (Å²) in [5, 5.41) is 9.61. The van der Waals surface area contributed by atoms with Crippen LogP contribution in [0.15, 0.2) is 36.5 Å². The van der Waals surface area contributed by atoms with Crippen LogP contribution < -0.4 is 9.47 Å². The van der Waals surface area contributed by atoms with E-state index in [1.807, 2.05) is 0 Å². The van der Waals surface area contributed by atoms with Gasteiger partial charge in [-0.15, -0.1) is 0 Å². The summed E-state index contributed by atoms with van der Waals surface area (Å²) >= 11 is 0. The van der Waals surface area contributed by atoms with Gasteiger partial charge in [0.25, 0.3) is 0 Å². The Balaban J connectivity index is 1.92. The molecule has 1 heterocycles. The minimum Gasteiger partial charge on any atom is -0.491 e. The van der Waals surface area contributed by atoms with Gasteiger partial charge in [0, 0.05) is 6.07 Å². The van der Waals surface area contributed by atoms with Crippen LogP contribution in [0.5, 0.6) is 11.5 Å². The lowest BCUT2D eigenvalue weighted by molar-refractivity contribution is 0.0600. The molecule has 1 aliphatic carbocycles. The Kier molecular flexibility index (Phi) is 6.28. The number of carbonyl (C=O) groups excluding carboxylic acids is 1. The predicted molar refractivity (Wildman–Crippen MR) is 105 cm³/mol. The maximum absolute atomic E-state index is 11.7. The molecule has 0 bridgehead atoms. The first-order chi connectivity index (χ1) is 13.6. The maximum atomic E-state index is 11.7. The highest BCUT2D eigenvalue weighted by Crippen LogP contribution is 2.32.